The summed E-state index contributed by atoms with van der Waals surface area (Å²) in [6, 6.07) is 2.84. The minimum Gasteiger partial charge on any atom is -0.495 e. The normalized spacial score (nSPS) is 18.6. The zero-order valence-corrected chi connectivity index (χ0v) is 15.8. The number of sulfonamides is 1. The largest absolute Gasteiger partial charge is 0.495 e. The van der Waals surface area contributed by atoms with Crippen molar-refractivity contribution in [3.8, 4) is 11.5 Å². The van der Waals surface area contributed by atoms with Crippen LogP contribution in [0.3, 0.4) is 0 Å². The van der Waals surface area contributed by atoms with Gasteiger partial charge in [0.2, 0.25) is 10.0 Å². The lowest BCUT2D eigenvalue weighted by Crippen LogP contribution is -2.31. The van der Waals surface area contributed by atoms with E-state index < -0.39 is 10.0 Å². The first-order chi connectivity index (χ1) is 11.4. The second-order valence-electron chi connectivity index (χ2n) is 5.74. The topological polar surface area (TPSA) is 65.1 Å². The monoisotopic (exact) mass is 377 g/mol. The lowest BCUT2D eigenvalue weighted by molar-refractivity contribution is 0.00950. The fraction of sp³-hybridized carbons (Fsp3) is 0.625. The maximum absolute atomic E-state index is 12.9. The maximum Gasteiger partial charge on any atom is 0.246 e. The number of hydrogen-bond acceptors (Lipinski definition) is 5. The predicted molar refractivity (Wildman–Crippen MR) is 92.6 cm³/mol. The molecule has 6 nitrogen and oxygen atoms in total. The smallest absolute Gasteiger partial charge is 0.246 e. The second-order valence-corrected chi connectivity index (χ2v) is 8.16. The molecule has 0 aliphatic carbocycles. The van der Waals surface area contributed by atoms with Gasteiger partial charge in [-0.05, 0) is 25.7 Å². The fourth-order valence-corrected chi connectivity index (χ4v) is 4.25. The van der Waals surface area contributed by atoms with Gasteiger partial charge in [-0.2, -0.15) is 0 Å². The van der Waals surface area contributed by atoms with Gasteiger partial charge in [-0.3, -0.25) is 0 Å². The lowest BCUT2D eigenvalue weighted by Gasteiger charge is -2.25. The Kier molecular flexibility index (Phi) is 6.74. The molecule has 0 aromatic heterocycles. The van der Waals surface area contributed by atoms with E-state index in [9.17, 15) is 8.42 Å². The first-order valence-electron chi connectivity index (χ1n) is 7.89. The van der Waals surface area contributed by atoms with Crippen molar-refractivity contribution >= 4 is 21.6 Å². The van der Waals surface area contributed by atoms with Crippen molar-refractivity contribution in [3.05, 3.63) is 17.2 Å². The first-order valence-corrected chi connectivity index (χ1v) is 9.71. The van der Waals surface area contributed by atoms with Crippen LogP contribution in [-0.2, 0) is 14.8 Å². The Morgan fingerprint density at radius 1 is 1.25 bits per heavy atom. The van der Waals surface area contributed by atoms with Crippen LogP contribution in [-0.4, -0.2) is 53.2 Å². The SMILES string of the molecule is COc1cc(S(=O)(=O)N(C)CCC2CCCCO2)c(OC)cc1Cl. The molecule has 1 heterocycles. The standard InChI is InChI=1S/C16H24ClNO5S/c1-18(8-7-12-6-4-5-9-23-12)24(19,20)16-11-14(21-2)13(17)10-15(16)22-3/h10-12H,4-9H2,1-3H3. The number of ether oxygens (including phenoxy) is 3. The summed E-state index contributed by atoms with van der Waals surface area (Å²) >= 11 is 6.04. The van der Waals surface area contributed by atoms with Gasteiger partial charge in [0.1, 0.15) is 16.4 Å². The number of methoxy groups -OCH3 is 2. The van der Waals surface area contributed by atoms with E-state index in [2.05, 4.69) is 0 Å². The molecular formula is C16H24ClNO5S. The Bertz CT molecular complexity index is 659. The van der Waals surface area contributed by atoms with Gasteiger partial charge in [0, 0.05) is 32.3 Å². The van der Waals surface area contributed by atoms with Gasteiger partial charge >= 0.3 is 0 Å². The van der Waals surface area contributed by atoms with Gasteiger partial charge in [-0.15, -0.1) is 0 Å². The number of hydrogen-bond donors (Lipinski definition) is 0. The Morgan fingerprint density at radius 2 is 1.96 bits per heavy atom. The molecule has 1 aliphatic rings. The molecule has 1 saturated heterocycles. The number of nitrogens with zero attached hydrogens (tertiary/aromatic N) is 1. The third-order valence-electron chi connectivity index (χ3n) is 4.17. The molecule has 0 N–H and O–H groups in total. The average molecular weight is 378 g/mol. The molecule has 1 atom stereocenters. The molecule has 1 aromatic rings. The molecule has 1 unspecified atom stereocenters. The van der Waals surface area contributed by atoms with Crippen molar-refractivity contribution in [3.63, 3.8) is 0 Å². The summed E-state index contributed by atoms with van der Waals surface area (Å²) < 4.78 is 43.0. The number of benzene rings is 1. The van der Waals surface area contributed by atoms with Crippen molar-refractivity contribution in [1.29, 1.82) is 0 Å². The van der Waals surface area contributed by atoms with Crippen LogP contribution in [0, 0.1) is 0 Å². The van der Waals surface area contributed by atoms with Crippen LogP contribution in [0.5, 0.6) is 11.5 Å². The first kappa shape index (κ1) is 19.3. The molecule has 2 rings (SSSR count). The van der Waals surface area contributed by atoms with Gasteiger partial charge in [-0.1, -0.05) is 11.6 Å². The van der Waals surface area contributed by atoms with E-state index in [0.29, 0.717) is 23.7 Å². The van der Waals surface area contributed by atoms with Crippen LogP contribution in [0.2, 0.25) is 5.02 Å². The van der Waals surface area contributed by atoms with Gasteiger partial charge in [-0.25, -0.2) is 12.7 Å². The second kappa shape index (κ2) is 8.38. The van der Waals surface area contributed by atoms with Gasteiger partial charge in [0.15, 0.2) is 0 Å². The van der Waals surface area contributed by atoms with E-state index in [-0.39, 0.29) is 16.7 Å². The Balaban J connectivity index is 2.18. The summed E-state index contributed by atoms with van der Waals surface area (Å²) in [6.07, 6.45) is 3.97. The Morgan fingerprint density at radius 3 is 2.54 bits per heavy atom. The van der Waals surface area contributed by atoms with Crippen LogP contribution in [0.15, 0.2) is 17.0 Å². The summed E-state index contributed by atoms with van der Waals surface area (Å²) in [5, 5.41) is 0.298. The van der Waals surface area contributed by atoms with E-state index in [1.807, 2.05) is 0 Å². The molecule has 0 radical (unpaired) electrons. The summed E-state index contributed by atoms with van der Waals surface area (Å²) in [5.74, 6) is 0.488. The highest BCUT2D eigenvalue weighted by atomic mass is 35.5. The molecule has 136 valence electrons. The van der Waals surface area contributed by atoms with E-state index in [1.165, 1.54) is 30.7 Å². The summed E-state index contributed by atoms with van der Waals surface area (Å²) in [5.41, 5.74) is 0. The van der Waals surface area contributed by atoms with E-state index in [4.69, 9.17) is 25.8 Å². The van der Waals surface area contributed by atoms with Crippen molar-refractivity contribution < 1.29 is 22.6 Å². The highest BCUT2D eigenvalue weighted by molar-refractivity contribution is 7.89. The zero-order chi connectivity index (χ0) is 17.7. The molecular weight excluding hydrogens is 354 g/mol. The zero-order valence-electron chi connectivity index (χ0n) is 14.2. The summed E-state index contributed by atoms with van der Waals surface area (Å²) in [7, 11) is 0.685. The highest BCUT2D eigenvalue weighted by Crippen LogP contribution is 2.36. The highest BCUT2D eigenvalue weighted by Gasteiger charge is 2.27. The van der Waals surface area contributed by atoms with E-state index in [1.54, 1.807) is 7.05 Å². The van der Waals surface area contributed by atoms with E-state index in [0.717, 1.165) is 25.9 Å². The van der Waals surface area contributed by atoms with Gasteiger partial charge in [0.25, 0.3) is 0 Å². The molecule has 0 spiro atoms. The molecule has 8 heteroatoms. The van der Waals surface area contributed by atoms with Crippen molar-refractivity contribution in [1.82, 2.24) is 4.31 Å². The van der Waals surface area contributed by atoms with E-state index >= 15 is 0 Å². The van der Waals surface area contributed by atoms with Crippen LogP contribution in [0.25, 0.3) is 0 Å². The van der Waals surface area contributed by atoms with Gasteiger partial charge in [0.05, 0.1) is 25.3 Å². The lowest BCUT2D eigenvalue weighted by atomic mass is 10.1. The molecule has 0 amide bonds. The van der Waals surface area contributed by atoms with Crippen molar-refractivity contribution in [2.75, 3.05) is 34.4 Å². The minimum atomic E-state index is -3.72. The van der Waals surface area contributed by atoms with Crippen LogP contribution < -0.4 is 9.47 Å². The number of halogens is 1. The van der Waals surface area contributed by atoms with Crippen molar-refractivity contribution in [2.24, 2.45) is 0 Å². The molecule has 1 fully saturated rings. The molecule has 24 heavy (non-hydrogen) atoms. The Labute approximate surface area is 148 Å². The van der Waals surface area contributed by atoms with Crippen LogP contribution in [0.4, 0.5) is 0 Å². The molecule has 0 bridgehead atoms. The fourth-order valence-electron chi connectivity index (χ4n) is 2.68. The number of rotatable bonds is 7. The summed E-state index contributed by atoms with van der Waals surface area (Å²) in [4.78, 5) is 0.0401. The van der Waals surface area contributed by atoms with Crippen molar-refractivity contribution in [2.45, 2.75) is 36.7 Å². The van der Waals surface area contributed by atoms with Gasteiger partial charge < -0.3 is 14.2 Å². The van der Waals surface area contributed by atoms with Crippen LogP contribution in [0.1, 0.15) is 25.7 Å². The summed E-state index contributed by atoms with van der Waals surface area (Å²) in [6.45, 7) is 1.13. The molecule has 1 aliphatic heterocycles. The molecule has 0 saturated carbocycles. The third kappa shape index (κ3) is 4.33. The average Bonchev–Trinajstić information content (AvgIpc) is 2.59. The quantitative estimate of drug-likeness (QED) is 0.731. The van der Waals surface area contributed by atoms with Crippen LogP contribution >= 0.6 is 11.6 Å². The third-order valence-corrected chi connectivity index (χ3v) is 6.34. The predicted octanol–water partition coefficient (Wildman–Crippen LogP) is 2.94. The molecule has 1 aromatic carbocycles. The maximum atomic E-state index is 12.9. The minimum absolute atomic E-state index is 0.0401. The Hall–Kier alpha value is -1.02.